The number of hydrogen-bond donors (Lipinski definition) is 2. The maximum Gasteiger partial charge on any atom is 0.349 e. The number of fused-ring (bicyclic) bond motifs is 1. The molecule has 0 atom stereocenters. The maximum atomic E-state index is 12.3. The molecule has 2 N–H and O–H groups in total. The topological polar surface area (TPSA) is 106 Å². The fourth-order valence-corrected chi connectivity index (χ4v) is 2.66. The lowest BCUT2D eigenvalue weighted by atomic mass is 10.1. The summed E-state index contributed by atoms with van der Waals surface area (Å²) in [5.74, 6) is -1.07. The molecular formula is C21H19NO6. The van der Waals surface area contributed by atoms with E-state index in [-0.39, 0.29) is 24.2 Å². The van der Waals surface area contributed by atoms with Crippen molar-refractivity contribution in [1.29, 1.82) is 0 Å². The molecule has 28 heavy (non-hydrogen) atoms. The molecule has 0 saturated heterocycles. The van der Waals surface area contributed by atoms with Crippen LogP contribution in [0, 0.1) is 0 Å². The molecule has 0 fully saturated rings. The van der Waals surface area contributed by atoms with Gasteiger partial charge in [-0.15, -0.1) is 0 Å². The second-order valence-corrected chi connectivity index (χ2v) is 6.13. The van der Waals surface area contributed by atoms with Gasteiger partial charge >= 0.3 is 11.6 Å². The molecule has 7 heteroatoms. The molecule has 0 unspecified atom stereocenters. The highest BCUT2D eigenvalue weighted by atomic mass is 16.5. The van der Waals surface area contributed by atoms with Crippen LogP contribution in [0.2, 0.25) is 0 Å². The van der Waals surface area contributed by atoms with Gasteiger partial charge in [-0.05, 0) is 30.2 Å². The van der Waals surface area contributed by atoms with Crippen molar-refractivity contribution in [2.24, 2.45) is 0 Å². The number of carboxylic acid groups (broad SMARTS) is 1. The van der Waals surface area contributed by atoms with E-state index in [0.717, 1.165) is 5.56 Å². The molecule has 3 aromatic rings. The molecule has 1 heterocycles. The van der Waals surface area contributed by atoms with Gasteiger partial charge in [0.25, 0.3) is 5.91 Å². The first-order chi connectivity index (χ1) is 13.5. The monoisotopic (exact) mass is 381 g/mol. The summed E-state index contributed by atoms with van der Waals surface area (Å²) in [4.78, 5) is 35.0. The van der Waals surface area contributed by atoms with Gasteiger partial charge in [-0.1, -0.05) is 30.3 Å². The van der Waals surface area contributed by atoms with Crippen LogP contribution in [0.25, 0.3) is 11.0 Å². The fraction of sp³-hybridized carbons (Fsp3) is 0.190. The van der Waals surface area contributed by atoms with Gasteiger partial charge in [0.05, 0.1) is 13.0 Å². The predicted molar refractivity (Wildman–Crippen MR) is 103 cm³/mol. The molecule has 0 aliphatic carbocycles. The molecule has 1 aromatic heterocycles. The SMILES string of the molecule is O=C(O)CCOc1ccc2cc(C(=O)NCCc3ccccc3)c(=O)oc2c1. The third kappa shape index (κ3) is 4.97. The maximum absolute atomic E-state index is 12.3. The number of carbonyl (C=O) groups excluding carboxylic acids is 1. The summed E-state index contributed by atoms with van der Waals surface area (Å²) < 4.78 is 10.5. The first kappa shape index (κ1) is 19.2. The molecule has 0 spiro atoms. The highest BCUT2D eigenvalue weighted by Crippen LogP contribution is 2.20. The quantitative estimate of drug-likeness (QED) is 0.581. The van der Waals surface area contributed by atoms with Gasteiger partial charge in [-0.25, -0.2) is 4.79 Å². The zero-order valence-electron chi connectivity index (χ0n) is 15.0. The molecule has 0 radical (unpaired) electrons. The highest BCUT2D eigenvalue weighted by molar-refractivity contribution is 5.96. The lowest BCUT2D eigenvalue weighted by molar-refractivity contribution is -0.137. The number of aliphatic carboxylic acids is 1. The summed E-state index contributed by atoms with van der Waals surface area (Å²) in [6.45, 7) is 0.406. The average molecular weight is 381 g/mol. The van der Waals surface area contributed by atoms with E-state index in [0.29, 0.717) is 24.1 Å². The minimum absolute atomic E-state index is 0.00692. The van der Waals surface area contributed by atoms with Gasteiger partial charge in [-0.3, -0.25) is 9.59 Å². The smallest absolute Gasteiger partial charge is 0.349 e. The molecule has 0 aliphatic heterocycles. The Morgan fingerprint density at radius 1 is 1.07 bits per heavy atom. The van der Waals surface area contributed by atoms with Crippen molar-refractivity contribution >= 4 is 22.8 Å². The van der Waals surface area contributed by atoms with E-state index in [9.17, 15) is 14.4 Å². The number of benzene rings is 2. The summed E-state index contributed by atoms with van der Waals surface area (Å²) in [5.41, 5.74) is 0.537. The van der Waals surface area contributed by atoms with Crippen LogP contribution in [0.4, 0.5) is 0 Å². The average Bonchev–Trinajstić information content (AvgIpc) is 2.68. The van der Waals surface area contributed by atoms with Gasteiger partial charge in [-0.2, -0.15) is 0 Å². The van der Waals surface area contributed by atoms with Crippen molar-refractivity contribution in [2.75, 3.05) is 13.2 Å². The summed E-state index contributed by atoms with van der Waals surface area (Å²) >= 11 is 0. The second-order valence-electron chi connectivity index (χ2n) is 6.13. The van der Waals surface area contributed by atoms with Crippen LogP contribution >= 0.6 is 0 Å². The Morgan fingerprint density at radius 3 is 2.61 bits per heavy atom. The van der Waals surface area contributed by atoms with Gasteiger partial charge in [0.2, 0.25) is 0 Å². The Balaban J connectivity index is 1.67. The number of carbonyl (C=O) groups is 2. The number of amides is 1. The molecule has 2 aromatic carbocycles. The van der Waals surface area contributed by atoms with E-state index in [2.05, 4.69) is 5.32 Å². The van der Waals surface area contributed by atoms with Gasteiger partial charge in [0.15, 0.2) is 0 Å². The van der Waals surface area contributed by atoms with Crippen molar-refractivity contribution in [1.82, 2.24) is 5.32 Å². The standard InChI is InChI=1S/C21H19NO6/c23-19(24)9-11-27-16-7-6-15-12-17(21(26)28-18(15)13-16)20(25)22-10-8-14-4-2-1-3-5-14/h1-7,12-13H,8-11H2,(H,22,25)(H,23,24). The van der Waals surface area contributed by atoms with E-state index in [4.69, 9.17) is 14.3 Å². The van der Waals surface area contributed by atoms with Gasteiger partial charge < -0.3 is 19.6 Å². The third-order valence-electron chi connectivity index (χ3n) is 4.08. The summed E-state index contributed by atoms with van der Waals surface area (Å²) in [5, 5.41) is 11.9. The number of ether oxygens (including phenoxy) is 1. The Labute approximate surface area is 160 Å². The highest BCUT2D eigenvalue weighted by Gasteiger charge is 2.14. The van der Waals surface area contributed by atoms with Crippen LogP contribution in [0.5, 0.6) is 5.75 Å². The minimum Gasteiger partial charge on any atom is -0.493 e. The Kier molecular flexibility index (Phi) is 6.06. The molecule has 144 valence electrons. The lowest BCUT2D eigenvalue weighted by Gasteiger charge is -2.07. The van der Waals surface area contributed by atoms with E-state index in [1.807, 2.05) is 30.3 Å². The third-order valence-corrected chi connectivity index (χ3v) is 4.08. The Morgan fingerprint density at radius 2 is 1.86 bits per heavy atom. The minimum atomic E-state index is -0.963. The van der Waals surface area contributed by atoms with E-state index < -0.39 is 17.5 Å². The normalized spacial score (nSPS) is 10.6. The largest absolute Gasteiger partial charge is 0.493 e. The second kappa shape index (κ2) is 8.85. The number of rotatable bonds is 8. The van der Waals surface area contributed by atoms with Crippen LogP contribution in [0.15, 0.2) is 63.8 Å². The number of carboxylic acids is 1. The van der Waals surface area contributed by atoms with E-state index in [1.165, 1.54) is 12.1 Å². The molecule has 0 bridgehead atoms. The van der Waals surface area contributed by atoms with Crippen LogP contribution in [-0.4, -0.2) is 30.1 Å². The van der Waals surface area contributed by atoms with Crippen molar-refractivity contribution in [2.45, 2.75) is 12.8 Å². The molecule has 1 amide bonds. The molecule has 7 nitrogen and oxygen atoms in total. The van der Waals surface area contributed by atoms with Crippen LogP contribution < -0.4 is 15.7 Å². The van der Waals surface area contributed by atoms with E-state index in [1.54, 1.807) is 12.1 Å². The number of nitrogens with one attached hydrogen (secondary N) is 1. The van der Waals surface area contributed by atoms with Crippen molar-refractivity contribution in [3.63, 3.8) is 0 Å². The van der Waals surface area contributed by atoms with E-state index >= 15 is 0 Å². The fourth-order valence-electron chi connectivity index (χ4n) is 2.66. The summed E-state index contributed by atoms with van der Waals surface area (Å²) in [6.07, 6.45) is 0.520. The summed E-state index contributed by atoms with van der Waals surface area (Å²) in [6, 6.07) is 15.9. The first-order valence-corrected chi connectivity index (χ1v) is 8.77. The predicted octanol–water partition coefficient (Wildman–Crippen LogP) is 2.62. The lowest BCUT2D eigenvalue weighted by Crippen LogP contribution is -2.29. The molecule has 0 aliphatic rings. The van der Waals surface area contributed by atoms with Crippen molar-refractivity contribution in [3.8, 4) is 5.75 Å². The Bertz CT molecular complexity index is 1040. The van der Waals surface area contributed by atoms with Crippen LogP contribution in [-0.2, 0) is 11.2 Å². The zero-order chi connectivity index (χ0) is 19.9. The molecular weight excluding hydrogens is 362 g/mol. The van der Waals surface area contributed by atoms with Crippen molar-refractivity contribution < 1.29 is 23.8 Å². The van der Waals surface area contributed by atoms with Crippen LogP contribution in [0.3, 0.4) is 0 Å². The summed E-state index contributed by atoms with van der Waals surface area (Å²) in [7, 11) is 0. The zero-order valence-corrected chi connectivity index (χ0v) is 15.0. The molecule has 0 saturated carbocycles. The molecule has 3 rings (SSSR count). The Hall–Kier alpha value is -3.61. The number of hydrogen-bond acceptors (Lipinski definition) is 5. The van der Waals surface area contributed by atoms with Crippen LogP contribution in [0.1, 0.15) is 22.3 Å². The first-order valence-electron chi connectivity index (χ1n) is 8.77. The van der Waals surface area contributed by atoms with Crippen molar-refractivity contribution in [3.05, 3.63) is 76.1 Å². The van der Waals surface area contributed by atoms with Gasteiger partial charge in [0, 0.05) is 18.0 Å². The van der Waals surface area contributed by atoms with Gasteiger partial charge in [0.1, 0.15) is 16.9 Å².